The van der Waals surface area contributed by atoms with Gasteiger partial charge >= 0.3 is 5.97 Å². The third-order valence-electron chi connectivity index (χ3n) is 4.89. The van der Waals surface area contributed by atoms with Gasteiger partial charge in [-0.2, -0.15) is 0 Å². The Bertz CT molecular complexity index is 846. The Kier molecular flexibility index (Phi) is 5.30. The number of hydrogen-bond acceptors (Lipinski definition) is 7. The molecule has 0 spiro atoms. The Morgan fingerprint density at radius 1 is 1.04 bits per heavy atom. The van der Waals surface area contributed by atoms with Crippen LogP contribution in [0.4, 0.5) is 0 Å². The zero-order valence-corrected chi connectivity index (χ0v) is 15.1. The quantitative estimate of drug-likeness (QED) is 0.667. The predicted molar refractivity (Wildman–Crippen MR) is 96.3 cm³/mol. The number of carbonyl (C=O) groups excluding carboxylic acids is 1. The first-order valence-electron chi connectivity index (χ1n) is 8.55. The van der Waals surface area contributed by atoms with E-state index in [-0.39, 0.29) is 47.9 Å². The van der Waals surface area contributed by atoms with Gasteiger partial charge in [-0.1, -0.05) is 12.1 Å². The summed E-state index contributed by atoms with van der Waals surface area (Å²) in [5.41, 5.74) is 1.41. The number of methoxy groups -OCH3 is 2. The molecule has 1 heterocycles. The van der Waals surface area contributed by atoms with Crippen LogP contribution in [-0.4, -0.2) is 42.1 Å². The molecule has 3 N–H and O–H groups in total. The van der Waals surface area contributed by atoms with Gasteiger partial charge in [-0.05, 0) is 42.2 Å². The number of benzene rings is 2. The number of rotatable bonds is 6. The minimum absolute atomic E-state index is 0.0151. The standard InChI is InChI=1S/C20H22O7/c1-25-17-8-11(3-5-15(17)21)7-13-10-27-20(24)14(13)9-12-4-6-16(22)19(26-2)18(12)23/h3-6,8,13-14,21-23H,7,9-10H2,1-2H3. The van der Waals surface area contributed by atoms with Crippen molar-refractivity contribution in [2.75, 3.05) is 20.8 Å². The van der Waals surface area contributed by atoms with Crippen LogP contribution in [0, 0.1) is 11.8 Å². The first kappa shape index (κ1) is 18.7. The Morgan fingerprint density at radius 2 is 1.78 bits per heavy atom. The molecular formula is C20H22O7. The molecule has 7 heteroatoms. The molecule has 0 bridgehead atoms. The van der Waals surface area contributed by atoms with Crippen molar-refractivity contribution in [3.63, 3.8) is 0 Å². The highest BCUT2D eigenvalue weighted by Crippen LogP contribution is 2.41. The zero-order valence-electron chi connectivity index (χ0n) is 15.1. The lowest BCUT2D eigenvalue weighted by Crippen LogP contribution is -2.20. The van der Waals surface area contributed by atoms with E-state index >= 15 is 0 Å². The highest BCUT2D eigenvalue weighted by molar-refractivity contribution is 5.75. The number of esters is 1. The topological polar surface area (TPSA) is 105 Å². The molecule has 1 saturated heterocycles. The van der Waals surface area contributed by atoms with Gasteiger partial charge in [-0.25, -0.2) is 0 Å². The van der Waals surface area contributed by atoms with Crippen molar-refractivity contribution in [2.24, 2.45) is 11.8 Å². The molecule has 2 unspecified atom stereocenters. The first-order chi connectivity index (χ1) is 12.9. The molecule has 3 rings (SSSR count). The average Bonchev–Trinajstić information content (AvgIpc) is 2.99. The van der Waals surface area contributed by atoms with Crippen LogP contribution >= 0.6 is 0 Å². The maximum atomic E-state index is 12.2. The Morgan fingerprint density at radius 3 is 2.48 bits per heavy atom. The Hall–Kier alpha value is -3.09. The summed E-state index contributed by atoms with van der Waals surface area (Å²) in [6.07, 6.45) is 0.824. The van der Waals surface area contributed by atoms with Gasteiger partial charge < -0.3 is 29.5 Å². The van der Waals surface area contributed by atoms with E-state index in [9.17, 15) is 20.1 Å². The van der Waals surface area contributed by atoms with E-state index in [2.05, 4.69) is 0 Å². The highest BCUT2D eigenvalue weighted by atomic mass is 16.5. The van der Waals surface area contributed by atoms with Crippen LogP contribution in [0.25, 0.3) is 0 Å². The van der Waals surface area contributed by atoms with Gasteiger partial charge in [-0.15, -0.1) is 0 Å². The average molecular weight is 374 g/mol. The summed E-state index contributed by atoms with van der Waals surface area (Å²) < 4.78 is 15.4. The van der Waals surface area contributed by atoms with E-state index in [1.54, 1.807) is 24.3 Å². The molecule has 2 aromatic rings. The van der Waals surface area contributed by atoms with Crippen molar-refractivity contribution in [3.8, 4) is 28.7 Å². The number of hydrogen-bond donors (Lipinski definition) is 3. The largest absolute Gasteiger partial charge is 0.504 e. The number of cyclic esters (lactones) is 1. The van der Waals surface area contributed by atoms with Crippen LogP contribution in [0.3, 0.4) is 0 Å². The molecule has 2 atom stereocenters. The number of aromatic hydroxyl groups is 3. The van der Waals surface area contributed by atoms with Crippen LogP contribution in [-0.2, 0) is 22.4 Å². The molecule has 2 aromatic carbocycles. The molecule has 0 saturated carbocycles. The summed E-state index contributed by atoms with van der Waals surface area (Å²) in [4.78, 5) is 12.2. The lowest BCUT2D eigenvalue weighted by molar-refractivity contribution is -0.141. The molecule has 7 nitrogen and oxygen atoms in total. The van der Waals surface area contributed by atoms with Crippen molar-refractivity contribution >= 4 is 5.97 Å². The number of ether oxygens (including phenoxy) is 3. The molecule has 0 radical (unpaired) electrons. The predicted octanol–water partition coefficient (Wildman–Crippen LogP) is 2.40. The van der Waals surface area contributed by atoms with Gasteiger partial charge in [-0.3, -0.25) is 4.79 Å². The fourth-order valence-electron chi connectivity index (χ4n) is 3.41. The van der Waals surface area contributed by atoms with Crippen molar-refractivity contribution in [1.82, 2.24) is 0 Å². The van der Waals surface area contributed by atoms with Gasteiger partial charge in [0.15, 0.2) is 23.0 Å². The lowest BCUT2D eigenvalue weighted by atomic mass is 9.84. The summed E-state index contributed by atoms with van der Waals surface area (Å²) in [5, 5.41) is 29.8. The molecule has 1 fully saturated rings. The van der Waals surface area contributed by atoms with Gasteiger partial charge in [0, 0.05) is 5.92 Å². The lowest BCUT2D eigenvalue weighted by Gasteiger charge is -2.17. The fourth-order valence-corrected chi connectivity index (χ4v) is 3.41. The van der Waals surface area contributed by atoms with Crippen molar-refractivity contribution in [1.29, 1.82) is 0 Å². The van der Waals surface area contributed by atoms with Gasteiger partial charge in [0.25, 0.3) is 0 Å². The molecular weight excluding hydrogens is 352 g/mol. The summed E-state index contributed by atoms with van der Waals surface area (Å²) in [6.45, 7) is 0.280. The second-order valence-corrected chi connectivity index (χ2v) is 6.54. The number of carbonyl (C=O) groups is 1. The molecule has 0 aliphatic carbocycles. The van der Waals surface area contributed by atoms with Gasteiger partial charge in [0.05, 0.1) is 26.7 Å². The third-order valence-corrected chi connectivity index (χ3v) is 4.89. The summed E-state index contributed by atoms with van der Waals surface area (Å²) >= 11 is 0. The first-order valence-corrected chi connectivity index (χ1v) is 8.55. The van der Waals surface area contributed by atoms with Crippen LogP contribution < -0.4 is 9.47 Å². The van der Waals surface area contributed by atoms with Crippen molar-refractivity contribution in [3.05, 3.63) is 41.5 Å². The zero-order chi connectivity index (χ0) is 19.6. The third kappa shape index (κ3) is 3.72. The minimum Gasteiger partial charge on any atom is -0.504 e. The normalized spacial score (nSPS) is 19.0. The minimum atomic E-state index is -0.440. The van der Waals surface area contributed by atoms with Crippen molar-refractivity contribution in [2.45, 2.75) is 12.8 Å². The maximum Gasteiger partial charge on any atom is 0.309 e. The maximum absolute atomic E-state index is 12.2. The van der Waals surface area contributed by atoms with E-state index in [1.807, 2.05) is 0 Å². The second-order valence-electron chi connectivity index (χ2n) is 6.54. The Labute approximate surface area is 156 Å². The van der Waals surface area contributed by atoms with Crippen LogP contribution in [0.1, 0.15) is 11.1 Å². The molecule has 1 aliphatic rings. The van der Waals surface area contributed by atoms with Crippen molar-refractivity contribution < 1.29 is 34.3 Å². The summed E-state index contributed by atoms with van der Waals surface area (Å²) in [7, 11) is 2.83. The van der Waals surface area contributed by atoms with E-state index < -0.39 is 5.92 Å². The highest BCUT2D eigenvalue weighted by Gasteiger charge is 2.37. The van der Waals surface area contributed by atoms with Crippen LogP contribution in [0.5, 0.6) is 28.7 Å². The Balaban J connectivity index is 1.81. The monoisotopic (exact) mass is 374 g/mol. The van der Waals surface area contributed by atoms with Gasteiger partial charge in [0.1, 0.15) is 0 Å². The molecule has 1 aliphatic heterocycles. The van der Waals surface area contributed by atoms with E-state index in [0.29, 0.717) is 17.7 Å². The van der Waals surface area contributed by atoms with E-state index in [4.69, 9.17) is 14.2 Å². The smallest absolute Gasteiger partial charge is 0.309 e. The summed E-state index contributed by atoms with van der Waals surface area (Å²) in [5.74, 6) is -0.789. The summed E-state index contributed by atoms with van der Waals surface area (Å²) in [6, 6.07) is 8.06. The molecule has 27 heavy (non-hydrogen) atoms. The number of phenolic OH excluding ortho intramolecular Hbond substituents is 3. The molecule has 144 valence electrons. The van der Waals surface area contributed by atoms with Gasteiger partial charge in [0.2, 0.25) is 5.75 Å². The van der Waals surface area contributed by atoms with Crippen LogP contribution in [0.2, 0.25) is 0 Å². The second kappa shape index (κ2) is 7.65. The van der Waals surface area contributed by atoms with E-state index in [0.717, 1.165) is 5.56 Å². The SMILES string of the molecule is COc1cc(CC2COC(=O)C2Cc2ccc(O)c(OC)c2O)ccc1O. The molecule has 0 aromatic heterocycles. The molecule has 0 amide bonds. The fraction of sp³-hybridized carbons (Fsp3) is 0.350. The number of phenols is 3. The van der Waals surface area contributed by atoms with Crippen LogP contribution in [0.15, 0.2) is 30.3 Å². The van der Waals surface area contributed by atoms with E-state index in [1.165, 1.54) is 20.3 Å².